The van der Waals surface area contributed by atoms with Crippen molar-refractivity contribution in [1.29, 1.82) is 0 Å². The fourth-order valence-corrected chi connectivity index (χ4v) is 4.10. The lowest BCUT2D eigenvalue weighted by Crippen LogP contribution is -2.25. The first-order valence-electron chi connectivity index (χ1n) is 10.9. The van der Waals surface area contributed by atoms with Crippen LogP contribution in [0, 0.1) is 29.1 Å². The number of hydrogen-bond donors (Lipinski definition) is 0. The molecular formula is C29H15F7O. The average molecular weight is 512 g/mol. The third-order valence-corrected chi connectivity index (χ3v) is 5.80. The molecule has 0 radical (unpaired) electrons. The Labute approximate surface area is 206 Å². The molecule has 0 atom stereocenters. The van der Waals surface area contributed by atoms with Gasteiger partial charge < -0.3 is 4.74 Å². The van der Waals surface area contributed by atoms with Gasteiger partial charge in [-0.15, -0.1) is 0 Å². The summed E-state index contributed by atoms with van der Waals surface area (Å²) in [6.45, 7) is 0. The maximum atomic E-state index is 14.9. The third-order valence-electron chi connectivity index (χ3n) is 5.80. The lowest BCUT2D eigenvalue weighted by Gasteiger charge is -2.20. The monoisotopic (exact) mass is 512 g/mol. The normalized spacial score (nSPS) is 11.6. The van der Waals surface area contributed by atoms with Crippen molar-refractivity contribution >= 4 is 10.8 Å². The summed E-state index contributed by atoms with van der Waals surface area (Å²) in [5.41, 5.74) is -0.927. The van der Waals surface area contributed by atoms with Gasteiger partial charge in [0.2, 0.25) is 0 Å². The summed E-state index contributed by atoms with van der Waals surface area (Å²) in [6.07, 6.45) is -4.50. The zero-order chi connectivity index (χ0) is 26.3. The highest BCUT2D eigenvalue weighted by molar-refractivity contribution is 5.84. The van der Waals surface area contributed by atoms with Crippen LogP contribution in [-0.2, 0) is 6.11 Å². The molecule has 0 bridgehead atoms. The Morgan fingerprint density at radius 3 is 1.89 bits per heavy atom. The van der Waals surface area contributed by atoms with Gasteiger partial charge in [0, 0.05) is 17.0 Å². The molecule has 0 aromatic heterocycles. The van der Waals surface area contributed by atoms with Crippen LogP contribution in [0.1, 0.15) is 5.56 Å². The predicted molar refractivity (Wildman–Crippen MR) is 126 cm³/mol. The smallest absolute Gasteiger partial charge is 0.429 e. The first-order valence-corrected chi connectivity index (χ1v) is 10.9. The summed E-state index contributed by atoms with van der Waals surface area (Å²) in [5, 5.41) is -0.143. The molecule has 37 heavy (non-hydrogen) atoms. The summed E-state index contributed by atoms with van der Waals surface area (Å²) in [5.74, 6) is -6.55. The third kappa shape index (κ3) is 4.74. The van der Waals surface area contributed by atoms with Crippen molar-refractivity contribution in [2.75, 3.05) is 0 Å². The molecule has 0 saturated carbocycles. The number of hydrogen-bond acceptors (Lipinski definition) is 1. The van der Waals surface area contributed by atoms with E-state index in [9.17, 15) is 30.7 Å². The Morgan fingerprint density at radius 2 is 1.22 bits per heavy atom. The molecule has 0 saturated heterocycles. The van der Waals surface area contributed by atoms with E-state index in [1.165, 1.54) is 12.1 Å². The van der Waals surface area contributed by atoms with Crippen molar-refractivity contribution in [2.24, 2.45) is 0 Å². The second-order valence-corrected chi connectivity index (χ2v) is 8.26. The fourth-order valence-electron chi connectivity index (χ4n) is 4.10. The number of benzene rings is 5. The van der Waals surface area contributed by atoms with Gasteiger partial charge >= 0.3 is 6.11 Å². The van der Waals surface area contributed by atoms with Gasteiger partial charge in [-0.05, 0) is 64.5 Å². The van der Waals surface area contributed by atoms with E-state index in [1.807, 2.05) is 0 Å². The van der Waals surface area contributed by atoms with Crippen LogP contribution < -0.4 is 4.74 Å². The highest BCUT2D eigenvalue weighted by Gasteiger charge is 2.41. The van der Waals surface area contributed by atoms with Gasteiger partial charge in [-0.25, -0.2) is 22.0 Å². The zero-order valence-corrected chi connectivity index (χ0v) is 18.7. The summed E-state index contributed by atoms with van der Waals surface area (Å²) >= 11 is 0. The van der Waals surface area contributed by atoms with Crippen molar-refractivity contribution in [3.63, 3.8) is 0 Å². The minimum Gasteiger partial charge on any atom is -0.429 e. The van der Waals surface area contributed by atoms with Crippen LogP contribution in [-0.4, -0.2) is 0 Å². The van der Waals surface area contributed by atoms with Gasteiger partial charge in [0.05, 0.1) is 0 Å². The average Bonchev–Trinajstić information content (AvgIpc) is 2.83. The van der Waals surface area contributed by atoms with E-state index in [4.69, 9.17) is 0 Å². The summed E-state index contributed by atoms with van der Waals surface area (Å²) in [6, 6.07) is 18.5. The molecule has 1 nitrogen and oxygen atoms in total. The van der Waals surface area contributed by atoms with E-state index in [1.54, 1.807) is 36.4 Å². The molecule has 0 aliphatic rings. The first kappa shape index (κ1) is 24.4. The van der Waals surface area contributed by atoms with Gasteiger partial charge in [0.25, 0.3) is 0 Å². The summed E-state index contributed by atoms with van der Waals surface area (Å²) in [7, 11) is 0. The van der Waals surface area contributed by atoms with Gasteiger partial charge in [0.1, 0.15) is 40.4 Å². The standard InChI is InChI=1S/C29H15F7O/c30-20-10-18-11-21(7-9-23(18)25(32)15-20)37-29(35,36)28-26(33)13-19(14-27(28)34)22-8-6-17(12-24(22)31)16-4-2-1-3-5-16/h1-15H. The van der Waals surface area contributed by atoms with E-state index < -0.39 is 46.5 Å². The molecule has 5 aromatic carbocycles. The number of rotatable bonds is 5. The molecule has 0 aliphatic heterocycles. The second kappa shape index (κ2) is 9.28. The first-order chi connectivity index (χ1) is 17.6. The molecule has 0 aliphatic carbocycles. The lowest BCUT2D eigenvalue weighted by molar-refractivity contribution is -0.189. The van der Waals surface area contributed by atoms with Crippen LogP contribution >= 0.6 is 0 Å². The number of halogens is 7. The quantitative estimate of drug-likeness (QED) is 0.214. The zero-order valence-electron chi connectivity index (χ0n) is 18.7. The topological polar surface area (TPSA) is 9.23 Å². The van der Waals surface area contributed by atoms with Crippen LogP contribution in [0.15, 0.2) is 91.0 Å². The minimum atomic E-state index is -4.50. The van der Waals surface area contributed by atoms with Gasteiger partial charge in [-0.3, -0.25) is 0 Å². The van der Waals surface area contributed by atoms with E-state index in [2.05, 4.69) is 4.74 Å². The van der Waals surface area contributed by atoms with E-state index >= 15 is 0 Å². The van der Waals surface area contributed by atoms with Crippen LogP contribution in [0.2, 0.25) is 0 Å². The van der Waals surface area contributed by atoms with E-state index in [0.29, 0.717) is 23.8 Å². The van der Waals surface area contributed by atoms with Gasteiger partial charge in [-0.2, -0.15) is 8.78 Å². The Bertz CT molecular complexity index is 1610. The maximum absolute atomic E-state index is 14.9. The van der Waals surface area contributed by atoms with Crippen molar-refractivity contribution in [3.05, 3.63) is 126 Å². The largest absolute Gasteiger partial charge is 0.432 e. The molecular weight excluding hydrogens is 497 g/mol. The van der Waals surface area contributed by atoms with Gasteiger partial charge in [-0.1, -0.05) is 42.5 Å². The Kier molecular flexibility index (Phi) is 6.11. The molecule has 0 unspecified atom stereocenters. The predicted octanol–water partition coefficient (Wildman–Crippen LogP) is 9.00. The van der Waals surface area contributed by atoms with E-state index in [-0.39, 0.29) is 21.9 Å². The lowest BCUT2D eigenvalue weighted by atomic mass is 9.98. The van der Waals surface area contributed by atoms with Crippen LogP contribution in [0.25, 0.3) is 33.0 Å². The molecule has 186 valence electrons. The molecule has 0 N–H and O–H groups in total. The fraction of sp³-hybridized carbons (Fsp3) is 0.0345. The highest BCUT2D eigenvalue weighted by atomic mass is 19.3. The van der Waals surface area contributed by atoms with Gasteiger partial charge in [0.15, 0.2) is 0 Å². The minimum absolute atomic E-state index is 0.0564. The second-order valence-electron chi connectivity index (χ2n) is 8.26. The summed E-state index contributed by atoms with van der Waals surface area (Å²) < 4.78 is 106. The molecule has 5 aromatic rings. The van der Waals surface area contributed by atoms with Crippen molar-refractivity contribution < 1.29 is 35.5 Å². The number of ether oxygens (including phenoxy) is 1. The van der Waals surface area contributed by atoms with Crippen molar-refractivity contribution in [1.82, 2.24) is 0 Å². The summed E-state index contributed by atoms with van der Waals surface area (Å²) in [4.78, 5) is 0. The molecule has 8 heteroatoms. The molecule has 0 fully saturated rings. The van der Waals surface area contributed by atoms with Crippen molar-refractivity contribution in [3.8, 4) is 28.0 Å². The van der Waals surface area contributed by atoms with Crippen LogP contribution in [0.4, 0.5) is 30.7 Å². The maximum Gasteiger partial charge on any atom is 0.432 e. The van der Waals surface area contributed by atoms with Crippen molar-refractivity contribution in [2.45, 2.75) is 6.11 Å². The van der Waals surface area contributed by atoms with Crippen LogP contribution in [0.5, 0.6) is 5.75 Å². The van der Waals surface area contributed by atoms with Crippen LogP contribution in [0.3, 0.4) is 0 Å². The molecule has 5 rings (SSSR count). The Morgan fingerprint density at radius 1 is 0.541 bits per heavy atom. The molecule has 0 spiro atoms. The Balaban J connectivity index is 1.47. The SMILES string of the molecule is Fc1cc(F)c2ccc(OC(F)(F)c3c(F)cc(-c4ccc(-c5ccccc5)cc4F)cc3F)cc2c1. The molecule has 0 heterocycles. The molecule has 0 amide bonds. The highest BCUT2D eigenvalue weighted by Crippen LogP contribution is 2.38. The number of fused-ring (bicyclic) bond motifs is 1. The van der Waals surface area contributed by atoms with E-state index in [0.717, 1.165) is 29.8 Å². The Hall–Kier alpha value is -4.33. The number of alkyl halides is 2.